The van der Waals surface area contributed by atoms with Crippen LogP contribution in [0.2, 0.25) is 5.02 Å². The zero-order valence-corrected chi connectivity index (χ0v) is 16.0. The van der Waals surface area contributed by atoms with Gasteiger partial charge in [-0.1, -0.05) is 43.6 Å². The van der Waals surface area contributed by atoms with Crippen LogP contribution in [0.1, 0.15) is 40.5 Å². The fourth-order valence-corrected chi connectivity index (χ4v) is 2.74. The number of halogens is 1. The molecule has 3 aromatic rings. The number of carbonyl (C=O) groups is 2. The lowest BCUT2D eigenvalue weighted by atomic mass is 10.2. The van der Waals surface area contributed by atoms with Crippen LogP contribution in [-0.2, 0) is 6.54 Å². The predicted molar refractivity (Wildman–Crippen MR) is 105 cm³/mol. The number of benzene rings is 1. The van der Waals surface area contributed by atoms with Gasteiger partial charge in [-0.2, -0.15) is 0 Å². The molecule has 0 atom stereocenters. The summed E-state index contributed by atoms with van der Waals surface area (Å²) >= 11 is 5.87. The summed E-state index contributed by atoms with van der Waals surface area (Å²) in [6.45, 7) is 4.91. The summed E-state index contributed by atoms with van der Waals surface area (Å²) in [4.78, 5) is 29.4. The van der Waals surface area contributed by atoms with E-state index in [1.54, 1.807) is 34.9 Å². The van der Waals surface area contributed by atoms with Crippen LogP contribution in [0, 0.1) is 5.92 Å². The highest BCUT2D eigenvalue weighted by molar-refractivity contribution is 6.30. The maximum Gasteiger partial charge on any atom is 0.287 e. The quantitative estimate of drug-likeness (QED) is 0.684. The highest BCUT2D eigenvalue weighted by Crippen LogP contribution is 2.14. The monoisotopic (exact) mass is 384 g/mol. The number of rotatable bonds is 6. The molecule has 2 aromatic heterocycles. The molecule has 0 radical (unpaired) electrons. The number of pyridine rings is 1. The van der Waals surface area contributed by atoms with Crippen molar-refractivity contribution in [1.29, 1.82) is 0 Å². The molecule has 2 N–H and O–H groups in total. The molecule has 0 aliphatic carbocycles. The molecule has 0 saturated heterocycles. The van der Waals surface area contributed by atoms with Crippen molar-refractivity contribution in [1.82, 2.24) is 20.0 Å². The van der Waals surface area contributed by atoms with Gasteiger partial charge in [0.05, 0.1) is 5.52 Å². The largest absolute Gasteiger partial charge is 0.350 e. The van der Waals surface area contributed by atoms with Gasteiger partial charge in [0.1, 0.15) is 0 Å². The standard InChI is InChI=1S/C20H21ClN4O2/c1-13(2)11-22-19(26)17-16-5-3-4-10-25(16)18(24-17)20(27)23-12-14-6-8-15(21)9-7-14/h3-10,13H,11-12H2,1-2H3,(H,22,26)(H,23,27). The molecule has 0 bridgehead atoms. The first kappa shape index (κ1) is 18.9. The van der Waals surface area contributed by atoms with E-state index in [9.17, 15) is 9.59 Å². The van der Waals surface area contributed by atoms with Crippen LogP contribution in [-0.4, -0.2) is 27.7 Å². The Kier molecular flexibility index (Phi) is 5.76. The first-order valence-corrected chi connectivity index (χ1v) is 9.11. The molecule has 0 saturated carbocycles. The third-order valence-electron chi connectivity index (χ3n) is 4.00. The van der Waals surface area contributed by atoms with E-state index in [0.717, 1.165) is 5.56 Å². The maximum atomic E-state index is 12.6. The second-order valence-electron chi connectivity index (χ2n) is 6.65. The van der Waals surface area contributed by atoms with Gasteiger partial charge in [-0.05, 0) is 35.7 Å². The van der Waals surface area contributed by atoms with Crippen molar-refractivity contribution in [2.24, 2.45) is 5.92 Å². The Labute approximate surface area is 162 Å². The third-order valence-corrected chi connectivity index (χ3v) is 4.26. The Morgan fingerprint density at radius 1 is 1.07 bits per heavy atom. The number of amides is 2. The number of imidazole rings is 1. The summed E-state index contributed by atoms with van der Waals surface area (Å²) in [5.74, 6) is -0.141. The molecule has 0 aliphatic rings. The van der Waals surface area contributed by atoms with Crippen LogP contribution in [0.3, 0.4) is 0 Å². The second-order valence-corrected chi connectivity index (χ2v) is 7.09. The number of hydrogen-bond acceptors (Lipinski definition) is 3. The number of fused-ring (bicyclic) bond motifs is 1. The summed E-state index contributed by atoms with van der Waals surface area (Å²) < 4.78 is 1.63. The third kappa shape index (κ3) is 4.46. The van der Waals surface area contributed by atoms with E-state index in [2.05, 4.69) is 15.6 Å². The normalized spacial score (nSPS) is 11.0. The van der Waals surface area contributed by atoms with Crippen LogP contribution < -0.4 is 10.6 Å². The molecule has 0 aliphatic heterocycles. The SMILES string of the molecule is CC(C)CNC(=O)c1nc(C(=O)NCc2ccc(Cl)cc2)n2ccccc12. The lowest BCUT2D eigenvalue weighted by Gasteiger charge is -2.05. The maximum absolute atomic E-state index is 12.6. The lowest BCUT2D eigenvalue weighted by molar-refractivity contribution is 0.0939. The lowest BCUT2D eigenvalue weighted by Crippen LogP contribution is -2.28. The minimum atomic E-state index is -0.353. The van der Waals surface area contributed by atoms with Crippen molar-refractivity contribution in [3.05, 3.63) is 70.8 Å². The fourth-order valence-electron chi connectivity index (χ4n) is 2.61. The Morgan fingerprint density at radius 2 is 1.81 bits per heavy atom. The fraction of sp³-hybridized carbons (Fsp3) is 0.250. The van der Waals surface area contributed by atoms with Crippen LogP contribution in [0.5, 0.6) is 0 Å². The van der Waals surface area contributed by atoms with Gasteiger partial charge in [0.2, 0.25) is 5.82 Å². The van der Waals surface area contributed by atoms with E-state index in [-0.39, 0.29) is 23.3 Å². The van der Waals surface area contributed by atoms with Gasteiger partial charge in [0.25, 0.3) is 11.8 Å². The molecular formula is C20H21ClN4O2. The van der Waals surface area contributed by atoms with Gasteiger partial charge in [-0.15, -0.1) is 0 Å². The average Bonchev–Trinajstić information content (AvgIpc) is 3.05. The van der Waals surface area contributed by atoms with Gasteiger partial charge in [0, 0.05) is 24.3 Å². The number of hydrogen-bond donors (Lipinski definition) is 2. The molecule has 2 heterocycles. The molecule has 1 aromatic carbocycles. The van der Waals surface area contributed by atoms with E-state index in [1.807, 2.05) is 32.0 Å². The van der Waals surface area contributed by atoms with E-state index < -0.39 is 0 Å². The van der Waals surface area contributed by atoms with Crippen molar-refractivity contribution < 1.29 is 9.59 Å². The van der Waals surface area contributed by atoms with Crippen LogP contribution >= 0.6 is 11.6 Å². The van der Waals surface area contributed by atoms with Crippen LogP contribution in [0.15, 0.2) is 48.7 Å². The zero-order chi connectivity index (χ0) is 19.4. The van der Waals surface area contributed by atoms with E-state index in [1.165, 1.54) is 0 Å². The zero-order valence-electron chi connectivity index (χ0n) is 15.2. The summed E-state index contributed by atoms with van der Waals surface area (Å²) in [5.41, 5.74) is 1.76. The second kappa shape index (κ2) is 8.22. The number of carbonyl (C=O) groups excluding carboxylic acids is 2. The molecule has 140 valence electrons. The molecule has 27 heavy (non-hydrogen) atoms. The highest BCUT2D eigenvalue weighted by Gasteiger charge is 2.21. The summed E-state index contributed by atoms with van der Waals surface area (Å²) in [6.07, 6.45) is 1.72. The number of nitrogens with one attached hydrogen (secondary N) is 2. The molecule has 0 spiro atoms. The van der Waals surface area contributed by atoms with Gasteiger partial charge in [-0.3, -0.25) is 14.0 Å². The smallest absolute Gasteiger partial charge is 0.287 e. The van der Waals surface area contributed by atoms with Crippen LogP contribution in [0.4, 0.5) is 0 Å². The minimum absolute atomic E-state index is 0.175. The van der Waals surface area contributed by atoms with Crippen LogP contribution in [0.25, 0.3) is 5.52 Å². The van der Waals surface area contributed by atoms with Crippen molar-refractivity contribution in [2.45, 2.75) is 20.4 Å². The van der Waals surface area contributed by atoms with Crippen molar-refractivity contribution in [3.8, 4) is 0 Å². The Morgan fingerprint density at radius 3 is 2.52 bits per heavy atom. The average molecular weight is 385 g/mol. The predicted octanol–water partition coefficient (Wildman–Crippen LogP) is 3.30. The van der Waals surface area contributed by atoms with Crippen molar-refractivity contribution >= 4 is 28.9 Å². The van der Waals surface area contributed by atoms with Gasteiger partial charge >= 0.3 is 0 Å². The molecule has 0 fully saturated rings. The molecule has 6 nitrogen and oxygen atoms in total. The highest BCUT2D eigenvalue weighted by atomic mass is 35.5. The Hall–Kier alpha value is -2.86. The molecule has 2 amide bonds. The van der Waals surface area contributed by atoms with E-state index in [4.69, 9.17) is 11.6 Å². The number of nitrogens with zero attached hydrogens (tertiary/aromatic N) is 2. The molecule has 3 rings (SSSR count). The first-order chi connectivity index (χ1) is 13.0. The van der Waals surface area contributed by atoms with Gasteiger partial charge in [-0.25, -0.2) is 4.98 Å². The summed E-state index contributed by atoms with van der Waals surface area (Å²) in [7, 11) is 0. The first-order valence-electron chi connectivity index (χ1n) is 8.73. The van der Waals surface area contributed by atoms with Crippen molar-refractivity contribution in [3.63, 3.8) is 0 Å². The molecular weight excluding hydrogens is 364 g/mol. The summed E-state index contributed by atoms with van der Waals surface area (Å²) in [6, 6.07) is 12.6. The molecule has 7 heteroatoms. The Bertz CT molecular complexity index is 964. The number of aromatic nitrogens is 2. The van der Waals surface area contributed by atoms with Gasteiger partial charge < -0.3 is 10.6 Å². The summed E-state index contributed by atoms with van der Waals surface area (Å²) in [5, 5.41) is 6.32. The van der Waals surface area contributed by atoms with Crippen molar-refractivity contribution in [2.75, 3.05) is 6.54 Å². The minimum Gasteiger partial charge on any atom is -0.350 e. The van der Waals surface area contributed by atoms with Gasteiger partial charge in [0.15, 0.2) is 5.69 Å². The topological polar surface area (TPSA) is 75.5 Å². The van der Waals surface area contributed by atoms with E-state index in [0.29, 0.717) is 29.5 Å². The molecule has 0 unspecified atom stereocenters. The Balaban J connectivity index is 1.82. The van der Waals surface area contributed by atoms with E-state index >= 15 is 0 Å².